The van der Waals surface area contributed by atoms with Gasteiger partial charge in [-0.05, 0) is 31.9 Å². The molecule has 0 spiro atoms. The third-order valence-corrected chi connectivity index (χ3v) is 5.56. The summed E-state index contributed by atoms with van der Waals surface area (Å²) in [5.74, 6) is 0.379. The number of ether oxygens (including phenoxy) is 1. The number of para-hydroxylation sites is 1. The zero-order chi connectivity index (χ0) is 14.0. The van der Waals surface area contributed by atoms with E-state index in [1.165, 1.54) is 11.4 Å². The van der Waals surface area contributed by atoms with Gasteiger partial charge in [0.15, 0.2) is 0 Å². The predicted octanol–water partition coefficient (Wildman–Crippen LogP) is 1.20. The average Bonchev–Trinajstić information content (AvgIpc) is 2.38. The third-order valence-electron chi connectivity index (χ3n) is 3.51. The fourth-order valence-corrected chi connectivity index (χ4v) is 4.32. The Balaban J connectivity index is 2.37. The number of nitrogens with zero attached hydrogens (tertiary/aromatic N) is 1. The SMILES string of the molecule is COc1ccccc1S(=O)(=O)N1CCC(N)CC1C. The lowest BCUT2D eigenvalue weighted by molar-refractivity contribution is 0.246. The van der Waals surface area contributed by atoms with Crippen LogP contribution in [0.3, 0.4) is 0 Å². The molecule has 1 fully saturated rings. The fraction of sp³-hybridized carbons (Fsp3) is 0.538. The number of hydrogen-bond acceptors (Lipinski definition) is 4. The second-order valence-electron chi connectivity index (χ2n) is 4.90. The molecule has 0 saturated carbocycles. The van der Waals surface area contributed by atoms with Gasteiger partial charge in [0.05, 0.1) is 7.11 Å². The van der Waals surface area contributed by atoms with Gasteiger partial charge in [0, 0.05) is 18.6 Å². The molecule has 6 heteroatoms. The first kappa shape index (κ1) is 14.3. The molecule has 1 aliphatic rings. The van der Waals surface area contributed by atoms with E-state index in [1.807, 2.05) is 6.92 Å². The van der Waals surface area contributed by atoms with Crippen LogP contribution in [0.1, 0.15) is 19.8 Å². The van der Waals surface area contributed by atoms with Gasteiger partial charge in [-0.1, -0.05) is 12.1 Å². The van der Waals surface area contributed by atoms with E-state index in [2.05, 4.69) is 0 Å². The summed E-state index contributed by atoms with van der Waals surface area (Å²) in [4.78, 5) is 0.222. The van der Waals surface area contributed by atoms with Gasteiger partial charge < -0.3 is 10.5 Å². The Morgan fingerprint density at radius 2 is 2.05 bits per heavy atom. The monoisotopic (exact) mass is 284 g/mol. The highest BCUT2D eigenvalue weighted by Crippen LogP contribution is 2.30. The maximum atomic E-state index is 12.7. The molecule has 2 rings (SSSR count). The van der Waals surface area contributed by atoms with Crippen LogP contribution in [-0.4, -0.2) is 38.5 Å². The van der Waals surface area contributed by atoms with Gasteiger partial charge in [-0.2, -0.15) is 4.31 Å². The summed E-state index contributed by atoms with van der Waals surface area (Å²) in [5, 5.41) is 0. The van der Waals surface area contributed by atoms with Crippen molar-refractivity contribution in [2.75, 3.05) is 13.7 Å². The average molecular weight is 284 g/mol. The summed E-state index contributed by atoms with van der Waals surface area (Å²) in [6, 6.07) is 6.70. The van der Waals surface area contributed by atoms with Crippen molar-refractivity contribution in [3.05, 3.63) is 24.3 Å². The molecule has 1 heterocycles. The Bertz CT molecular complexity index is 545. The van der Waals surface area contributed by atoms with E-state index in [1.54, 1.807) is 24.3 Å². The maximum Gasteiger partial charge on any atom is 0.246 e. The van der Waals surface area contributed by atoms with Gasteiger partial charge in [-0.15, -0.1) is 0 Å². The topological polar surface area (TPSA) is 72.6 Å². The van der Waals surface area contributed by atoms with Crippen molar-refractivity contribution in [1.82, 2.24) is 4.31 Å². The molecule has 0 amide bonds. The molecule has 2 N–H and O–H groups in total. The fourth-order valence-electron chi connectivity index (χ4n) is 2.50. The largest absolute Gasteiger partial charge is 0.495 e. The lowest BCUT2D eigenvalue weighted by atomic mass is 10.0. The minimum atomic E-state index is -3.52. The first-order valence-corrected chi connectivity index (χ1v) is 7.81. The van der Waals surface area contributed by atoms with E-state index < -0.39 is 10.0 Å². The molecule has 0 aromatic heterocycles. The van der Waals surface area contributed by atoms with Crippen molar-refractivity contribution in [2.45, 2.75) is 36.7 Å². The quantitative estimate of drug-likeness (QED) is 0.905. The molecular weight excluding hydrogens is 264 g/mol. The first-order valence-electron chi connectivity index (χ1n) is 6.37. The van der Waals surface area contributed by atoms with Crippen LogP contribution < -0.4 is 10.5 Å². The Kier molecular flexibility index (Phi) is 4.13. The molecule has 5 nitrogen and oxygen atoms in total. The van der Waals surface area contributed by atoms with Crippen LogP contribution in [0.25, 0.3) is 0 Å². The molecule has 1 saturated heterocycles. The minimum absolute atomic E-state index is 0.0825. The van der Waals surface area contributed by atoms with Crippen LogP contribution in [0.5, 0.6) is 5.75 Å². The van der Waals surface area contributed by atoms with E-state index >= 15 is 0 Å². The molecule has 106 valence electrons. The Morgan fingerprint density at radius 1 is 1.37 bits per heavy atom. The van der Waals surface area contributed by atoms with Crippen molar-refractivity contribution >= 4 is 10.0 Å². The van der Waals surface area contributed by atoms with Crippen LogP contribution in [-0.2, 0) is 10.0 Å². The van der Waals surface area contributed by atoms with Crippen LogP contribution in [0.4, 0.5) is 0 Å². The maximum absolute atomic E-state index is 12.7. The molecule has 0 aliphatic carbocycles. The van der Waals surface area contributed by atoms with Gasteiger partial charge >= 0.3 is 0 Å². The van der Waals surface area contributed by atoms with E-state index in [0.717, 1.165) is 0 Å². The van der Waals surface area contributed by atoms with Gasteiger partial charge in [0.1, 0.15) is 10.6 Å². The smallest absolute Gasteiger partial charge is 0.246 e. The van der Waals surface area contributed by atoms with Crippen LogP contribution in [0.2, 0.25) is 0 Å². The normalized spacial score (nSPS) is 25.2. The number of piperidine rings is 1. The van der Waals surface area contributed by atoms with Crippen LogP contribution >= 0.6 is 0 Å². The molecule has 1 aromatic rings. The minimum Gasteiger partial charge on any atom is -0.495 e. The molecule has 19 heavy (non-hydrogen) atoms. The first-order chi connectivity index (χ1) is 8.96. The number of sulfonamides is 1. The molecule has 1 aliphatic heterocycles. The van der Waals surface area contributed by atoms with E-state index in [-0.39, 0.29) is 17.0 Å². The van der Waals surface area contributed by atoms with Gasteiger partial charge in [-0.3, -0.25) is 0 Å². The van der Waals surface area contributed by atoms with E-state index in [4.69, 9.17) is 10.5 Å². The summed E-state index contributed by atoms with van der Waals surface area (Å²) in [7, 11) is -2.05. The van der Waals surface area contributed by atoms with Gasteiger partial charge in [0.2, 0.25) is 10.0 Å². The van der Waals surface area contributed by atoms with Crippen molar-refractivity contribution < 1.29 is 13.2 Å². The Morgan fingerprint density at radius 3 is 2.68 bits per heavy atom. The summed E-state index contributed by atoms with van der Waals surface area (Å²) < 4.78 is 32.0. The van der Waals surface area contributed by atoms with E-state index in [9.17, 15) is 8.42 Å². The second kappa shape index (κ2) is 5.48. The predicted molar refractivity (Wildman–Crippen MR) is 73.6 cm³/mol. The summed E-state index contributed by atoms with van der Waals surface area (Å²) in [6.45, 7) is 2.36. The Hall–Kier alpha value is -1.11. The van der Waals surface area contributed by atoms with Crippen molar-refractivity contribution in [1.29, 1.82) is 0 Å². The van der Waals surface area contributed by atoms with E-state index in [0.29, 0.717) is 25.1 Å². The van der Waals surface area contributed by atoms with Crippen LogP contribution in [0.15, 0.2) is 29.2 Å². The van der Waals surface area contributed by atoms with Gasteiger partial charge in [0.25, 0.3) is 0 Å². The molecule has 1 aromatic carbocycles. The number of benzene rings is 1. The van der Waals surface area contributed by atoms with Gasteiger partial charge in [-0.25, -0.2) is 8.42 Å². The lowest BCUT2D eigenvalue weighted by Crippen LogP contribution is -2.48. The number of rotatable bonds is 3. The summed E-state index contributed by atoms with van der Waals surface area (Å²) in [5.41, 5.74) is 5.88. The summed E-state index contributed by atoms with van der Waals surface area (Å²) in [6.07, 6.45) is 1.38. The zero-order valence-electron chi connectivity index (χ0n) is 11.2. The molecule has 2 unspecified atom stereocenters. The third kappa shape index (κ3) is 2.75. The lowest BCUT2D eigenvalue weighted by Gasteiger charge is -2.35. The highest BCUT2D eigenvalue weighted by Gasteiger charge is 2.34. The van der Waals surface area contributed by atoms with Crippen molar-refractivity contribution in [3.8, 4) is 5.75 Å². The summed E-state index contributed by atoms with van der Waals surface area (Å²) >= 11 is 0. The van der Waals surface area contributed by atoms with Crippen LogP contribution in [0, 0.1) is 0 Å². The second-order valence-corrected chi connectivity index (χ2v) is 6.76. The van der Waals surface area contributed by atoms with Crippen molar-refractivity contribution in [2.24, 2.45) is 5.73 Å². The van der Waals surface area contributed by atoms with Crippen molar-refractivity contribution in [3.63, 3.8) is 0 Å². The standard InChI is InChI=1S/C13H20N2O3S/c1-10-9-11(14)7-8-15(10)19(16,17)13-6-4-3-5-12(13)18-2/h3-6,10-11H,7-9,14H2,1-2H3. The molecule has 0 radical (unpaired) electrons. The molecule has 0 bridgehead atoms. The highest BCUT2D eigenvalue weighted by molar-refractivity contribution is 7.89. The Labute approximate surface area is 114 Å². The molecular formula is C13H20N2O3S. The number of methoxy groups -OCH3 is 1. The number of hydrogen-bond donors (Lipinski definition) is 1. The molecule has 2 atom stereocenters. The zero-order valence-corrected chi connectivity index (χ0v) is 12.1. The number of nitrogens with two attached hydrogens (primary N) is 1. The highest BCUT2D eigenvalue weighted by atomic mass is 32.2.